The lowest BCUT2D eigenvalue weighted by atomic mass is 9.96. The maximum Gasteiger partial charge on any atom is 0.203 e. The SMILES string of the molecule is CC.CN(C)/N=C\Cn1ccc(=O)c(CC2=CC(C=N/C=C(\C=N)c3ccncc3)=CCC2)n1. The van der Waals surface area contributed by atoms with E-state index in [4.69, 9.17) is 5.41 Å². The monoisotopic (exact) mass is 459 g/mol. The van der Waals surface area contributed by atoms with Crippen LogP contribution in [0.5, 0.6) is 0 Å². The fourth-order valence-corrected chi connectivity index (χ4v) is 3.17. The molecule has 0 aromatic carbocycles. The van der Waals surface area contributed by atoms with Crippen LogP contribution in [0.3, 0.4) is 0 Å². The van der Waals surface area contributed by atoms with E-state index in [1.165, 1.54) is 6.21 Å². The minimum Gasteiger partial charge on any atom is -0.308 e. The van der Waals surface area contributed by atoms with Crippen molar-refractivity contribution in [2.45, 2.75) is 39.7 Å². The number of allylic oxidation sites excluding steroid dienone is 5. The summed E-state index contributed by atoms with van der Waals surface area (Å²) < 4.78 is 1.72. The van der Waals surface area contributed by atoms with Crippen LogP contribution in [0.25, 0.3) is 5.57 Å². The number of aliphatic imine (C=N–C) groups is 1. The summed E-state index contributed by atoms with van der Waals surface area (Å²) in [5.41, 5.74) is 4.19. The van der Waals surface area contributed by atoms with Crippen LogP contribution in [0, 0.1) is 5.41 Å². The van der Waals surface area contributed by atoms with Crippen molar-refractivity contribution in [1.82, 2.24) is 19.8 Å². The van der Waals surface area contributed by atoms with Gasteiger partial charge in [-0.15, -0.1) is 0 Å². The van der Waals surface area contributed by atoms with Gasteiger partial charge in [-0.1, -0.05) is 31.6 Å². The van der Waals surface area contributed by atoms with Crippen LogP contribution in [-0.2, 0) is 13.0 Å². The quantitative estimate of drug-likeness (QED) is 0.449. The molecule has 0 radical (unpaired) electrons. The normalized spacial score (nSPS) is 13.8. The highest BCUT2D eigenvalue weighted by atomic mass is 16.1. The molecule has 0 aliphatic heterocycles. The van der Waals surface area contributed by atoms with E-state index in [1.54, 1.807) is 53.0 Å². The molecule has 8 nitrogen and oxygen atoms in total. The molecule has 1 N–H and O–H groups in total. The molecule has 1 aliphatic carbocycles. The highest BCUT2D eigenvalue weighted by Gasteiger charge is 2.10. The lowest BCUT2D eigenvalue weighted by Crippen LogP contribution is -2.18. The second-order valence-corrected chi connectivity index (χ2v) is 7.46. The van der Waals surface area contributed by atoms with E-state index >= 15 is 0 Å². The summed E-state index contributed by atoms with van der Waals surface area (Å²) in [6.45, 7) is 4.50. The van der Waals surface area contributed by atoms with Gasteiger partial charge in [-0.3, -0.25) is 19.5 Å². The molecule has 2 aromatic rings. The summed E-state index contributed by atoms with van der Waals surface area (Å²) in [6, 6.07) is 5.24. The molecule has 3 rings (SSSR count). The van der Waals surface area contributed by atoms with Crippen molar-refractivity contribution < 1.29 is 0 Å². The van der Waals surface area contributed by atoms with E-state index in [2.05, 4.69) is 32.3 Å². The molecule has 0 fully saturated rings. The number of nitrogens with one attached hydrogen (secondary N) is 1. The largest absolute Gasteiger partial charge is 0.308 e. The predicted molar refractivity (Wildman–Crippen MR) is 141 cm³/mol. The van der Waals surface area contributed by atoms with E-state index in [0.29, 0.717) is 24.2 Å². The molecular formula is C26H33N7O. The molecule has 2 heterocycles. The molecule has 178 valence electrons. The van der Waals surface area contributed by atoms with Gasteiger partial charge in [0.2, 0.25) is 5.43 Å². The summed E-state index contributed by atoms with van der Waals surface area (Å²) >= 11 is 0. The average Bonchev–Trinajstić information content (AvgIpc) is 2.86. The molecule has 0 amide bonds. The zero-order valence-electron chi connectivity index (χ0n) is 20.3. The Labute approximate surface area is 201 Å². The van der Waals surface area contributed by atoms with E-state index in [-0.39, 0.29) is 5.43 Å². The van der Waals surface area contributed by atoms with Gasteiger partial charge in [-0.25, -0.2) is 0 Å². The Balaban J connectivity index is 0.00000199. The molecule has 0 saturated carbocycles. The Morgan fingerprint density at radius 1 is 1.24 bits per heavy atom. The topological polar surface area (TPSA) is 99.6 Å². The Morgan fingerprint density at radius 3 is 2.71 bits per heavy atom. The van der Waals surface area contributed by atoms with Gasteiger partial charge in [0.1, 0.15) is 5.69 Å². The Kier molecular flexibility index (Phi) is 11.0. The summed E-state index contributed by atoms with van der Waals surface area (Å²) in [4.78, 5) is 20.7. The predicted octanol–water partition coefficient (Wildman–Crippen LogP) is 4.16. The number of hydrogen-bond donors (Lipinski definition) is 1. The van der Waals surface area contributed by atoms with Crippen LogP contribution in [0.4, 0.5) is 0 Å². The molecule has 8 heteroatoms. The number of hydrogen-bond acceptors (Lipinski definition) is 7. The van der Waals surface area contributed by atoms with Crippen molar-refractivity contribution in [2.24, 2.45) is 10.1 Å². The Bertz CT molecular complexity index is 1140. The molecule has 0 atom stereocenters. The third-order valence-electron chi connectivity index (χ3n) is 4.73. The van der Waals surface area contributed by atoms with E-state index in [9.17, 15) is 4.79 Å². The lowest BCUT2D eigenvalue weighted by Gasteiger charge is -2.12. The number of rotatable bonds is 9. The molecule has 0 saturated heterocycles. The second kappa shape index (κ2) is 14.3. The fraction of sp³-hybridized carbons (Fsp3) is 0.308. The van der Waals surface area contributed by atoms with Gasteiger partial charge in [-0.05, 0) is 36.1 Å². The molecule has 34 heavy (non-hydrogen) atoms. The van der Waals surface area contributed by atoms with E-state index in [0.717, 1.165) is 29.6 Å². The molecule has 2 aromatic heterocycles. The highest BCUT2D eigenvalue weighted by Crippen LogP contribution is 2.19. The van der Waals surface area contributed by atoms with Gasteiger partial charge in [-0.2, -0.15) is 10.2 Å². The third-order valence-corrected chi connectivity index (χ3v) is 4.73. The average molecular weight is 460 g/mol. The van der Waals surface area contributed by atoms with Crippen LogP contribution in [-0.4, -0.2) is 52.5 Å². The van der Waals surface area contributed by atoms with Crippen molar-refractivity contribution in [3.05, 3.63) is 87.8 Å². The third kappa shape index (κ3) is 8.54. The first kappa shape index (κ1) is 26.3. The lowest BCUT2D eigenvalue weighted by molar-refractivity contribution is 0.437. The molecule has 0 bridgehead atoms. The second-order valence-electron chi connectivity index (χ2n) is 7.46. The number of aromatic nitrogens is 3. The van der Waals surface area contributed by atoms with Gasteiger partial charge >= 0.3 is 0 Å². The maximum atomic E-state index is 12.3. The summed E-state index contributed by atoms with van der Waals surface area (Å²) in [6.07, 6.45) is 18.0. The van der Waals surface area contributed by atoms with Crippen LogP contribution >= 0.6 is 0 Å². The van der Waals surface area contributed by atoms with Crippen molar-refractivity contribution in [3.63, 3.8) is 0 Å². The van der Waals surface area contributed by atoms with Gasteiger partial charge < -0.3 is 10.4 Å². The molecular weight excluding hydrogens is 426 g/mol. The van der Waals surface area contributed by atoms with Crippen molar-refractivity contribution in [3.8, 4) is 0 Å². The van der Waals surface area contributed by atoms with E-state index < -0.39 is 0 Å². The van der Waals surface area contributed by atoms with Crippen molar-refractivity contribution in [2.75, 3.05) is 14.1 Å². The molecule has 0 spiro atoms. The standard InChI is InChI=1S/C24H27N7O.C2H6/c1-30(2)28-11-13-31-12-8-24(32)23(29-31)15-19-4-3-5-20(14-19)17-27-18-22(16-25)21-6-9-26-10-7-21;1-2/h5-12,14,16-18,25H,3-4,13,15H2,1-2H3;1-2H3/b22-18+,25-16?,27-17?,28-11-;. The summed E-state index contributed by atoms with van der Waals surface area (Å²) in [5, 5.41) is 18.0. The Morgan fingerprint density at radius 2 is 2.00 bits per heavy atom. The molecule has 0 unspecified atom stereocenters. The molecule has 1 aliphatic rings. The number of nitrogens with zero attached hydrogens (tertiary/aromatic N) is 6. The van der Waals surface area contributed by atoms with Gasteiger partial charge in [0.05, 0.1) is 6.54 Å². The van der Waals surface area contributed by atoms with Gasteiger partial charge in [0.15, 0.2) is 0 Å². The fourth-order valence-electron chi connectivity index (χ4n) is 3.17. The van der Waals surface area contributed by atoms with Gasteiger partial charge in [0.25, 0.3) is 0 Å². The minimum absolute atomic E-state index is 0.0626. The van der Waals surface area contributed by atoms with Crippen molar-refractivity contribution >= 4 is 24.2 Å². The zero-order chi connectivity index (χ0) is 24.8. The first-order valence-corrected chi connectivity index (χ1v) is 11.4. The first-order chi connectivity index (χ1) is 16.5. The van der Waals surface area contributed by atoms with Crippen LogP contribution < -0.4 is 5.43 Å². The highest BCUT2D eigenvalue weighted by molar-refractivity contribution is 6.08. The minimum atomic E-state index is -0.0626. The van der Waals surface area contributed by atoms with Gasteiger partial charge in [0, 0.05) is 75.6 Å². The van der Waals surface area contributed by atoms with Crippen LogP contribution in [0.2, 0.25) is 0 Å². The maximum absolute atomic E-state index is 12.3. The zero-order valence-corrected chi connectivity index (χ0v) is 20.3. The number of hydrazone groups is 1. The van der Waals surface area contributed by atoms with Crippen molar-refractivity contribution in [1.29, 1.82) is 5.41 Å². The number of pyridine rings is 1. The Hall–Kier alpha value is -3.94. The van der Waals surface area contributed by atoms with Crippen LogP contribution in [0.15, 0.2) is 81.2 Å². The van der Waals surface area contributed by atoms with E-state index in [1.807, 2.05) is 40.1 Å². The first-order valence-electron chi connectivity index (χ1n) is 11.4. The summed E-state index contributed by atoms with van der Waals surface area (Å²) in [5.74, 6) is 0. The smallest absolute Gasteiger partial charge is 0.203 e. The summed E-state index contributed by atoms with van der Waals surface area (Å²) in [7, 11) is 3.71. The van der Waals surface area contributed by atoms with Crippen LogP contribution in [0.1, 0.15) is 37.9 Å².